The smallest absolute Gasteiger partial charge is 0.124 e. The molecule has 0 spiro atoms. The molecule has 4 heteroatoms. The molecule has 0 heterocycles. The third kappa shape index (κ3) is 2.31. The molecule has 0 aromatic heterocycles. The molecule has 0 aliphatic carbocycles. The van der Waals surface area contributed by atoms with E-state index in [4.69, 9.17) is 11.0 Å². The van der Waals surface area contributed by atoms with Gasteiger partial charge < -0.3 is 5.73 Å². The summed E-state index contributed by atoms with van der Waals surface area (Å²) < 4.78 is 13.4. The van der Waals surface area contributed by atoms with E-state index in [1.807, 2.05) is 6.07 Å². The van der Waals surface area contributed by atoms with Crippen LogP contribution >= 0.6 is 15.9 Å². The van der Waals surface area contributed by atoms with Crippen LogP contribution in [0.25, 0.3) is 0 Å². The van der Waals surface area contributed by atoms with Gasteiger partial charge in [0, 0.05) is 4.47 Å². The molecular weight excluding hydrogens is 247 g/mol. The van der Waals surface area contributed by atoms with Gasteiger partial charge in [-0.05, 0) is 24.6 Å². The number of hydrogen-bond acceptors (Lipinski definition) is 2. The van der Waals surface area contributed by atoms with Crippen LogP contribution in [0.4, 0.5) is 4.39 Å². The van der Waals surface area contributed by atoms with Crippen LogP contribution in [-0.2, 0) is 5.54 Å². The molecule has 2 nitrogen and oxygen atoms in total. The summed E-state index contributed by atoms with van der Waals surface area (Å²) in [7, 11) is 0. The van der Waals surface area contributed by atoms with Gasteiger partial charge in [0.25, 0.3) is 0 Å². The summed E-state index contributed by atoms with van der Waals surface area (Å²) in [6.45, 7) is 1.74. The molecule has 0 amide bonds. The Hall–Kier alpha value is -0.920. The Morgan fingerprint density at radius 2 is 2.29 bits per heavy atom. The molecule has 1 aromatic rings. The van der Waals surface area contributed by atoms with Crippen molar-refractivity contribution in [2.45, 2.75) is 18.9 Å². The van der Waals surface area contributed by atoms with Crippen LogP contribution in [0.5, 0.6) is 0 Å². The Kier molecular flexibility index (Phi) is 3.25. The van der Waals surface area contributed by atoms with Gasteiger partial charge in [0.15, 0.2) is 0 Å². The molecule has 14 heavy (non-hydrogen) atoms. The highest BCUT2D eigenvalue weighted by Gasteiger charge is 2.23. The molecule has 0 aliphatic rings. The van der Waals surface area contributed by atoms with Gasteiger partial charge in [0.2, 0.25) is 0 Å². The van der Waals surface area contributed by atoms with Crippen LogP contribution in [0.1, 0.15) is 18.9 Å². The number of nitrogens with zero attached hydrogens (tertiary/aromatic N) is 1. The molecule has 1 atom stereocenters. The predicted octanol–water partition coefficient (Wildman–Crippen LogP) is 2.68. The molecule has 0 fully saturated rings. The van der Waals surface area contributed by atoms with Crippen molar-refractivity contribution in [2.75, 3.05) is 0 Å². The second-order valence-electron chi connectivity index (χ2n) is 3.38. The molecule has 0 bridgehead atoms. The van der Waals surface area contributed by atoms with Gasteiger partial charge in [-0.2, -0.15) is 5.26 Å². The maximum absolute atomic E-state index is 12.8. The minimum absolute atomic E-state index is 0.192. The van der Waals surface area contributed by atoms with Gasteiger partial charge in [0.1, 0.15) is 5.82 Å². The highest BCUT2D eigenvalue weighted by molar-refractivity contribution is 9.10. The Morgan fingerprint density at radius 3 is 2.79 bits per heavy atom. The van der Waals surface area contributed by atoms with Crippen molar-refractivity contribution in [1.82, 2.24) is 0 Å². The Balaban J connectivity index is 3.14. The van der Waals surface area contributed by atoms with Gasteiger partial charge in [-0.25, -0.2) is 4.39 Å². The van der Waals surface area contributed by atoms with E-state index in [9.17, 15) is 4.39 Å². The lowest BCUT2D eigenvalue weighted by Gasteiger charge is -2.23. The molecule has 0 saturated carbocycles. The predicted molar refractivity (Wildman–Crippen MR) is 55.9 cm³/mol. The monoisotopic (exact) mass is 256 g/mol. The number of nitriles is 1. The number of hydrogen-bond donors (Lipinski definition) is 1. The fourth-order valence-electron chi connectivity index (χ4n) is 1.21. The first-order chi connectivity index (χ1) is 6.47. The average Bonchev–Trinajstić information content (AvgIpc) is 2.02. The maximum atomic E-state index is 12.8. The lowest BCUT2D eigenvalue weighted by molar-refractivity contribution is 0.503. The average molecular weight is 257 g/mol. The molecule has 0 radical (unpaired) electrons. The van der Waals surface area contributed by atoms with Crippen LogP contribution in [0.2, 0.25) is 0 Å². The van der Waals surface area contributed by atoms with Gasteiger partial charge >= 0.3 is 0 Å². The highest BCUT2D eigenvalue weighted by atomic mass is 79.9. The lowest BCUT2D eigenvalue weighted by Crippen LogP contribution is -2.32. The van der Waals surface area contributed by atoms with Crippen LogP contribution in [-0.4, -0.2) is 0 Å². The number of nitrogens with two attached hydrogens (primary N) is 1. The van der Waals surface area contributed by atoms with Gasteiger partial charge in [-0.1, -0.05) is 22.0 Å². The fourth-order valence-corrected chi connectivity index (χ4v) is 2.02. The molecule has 2 N–H and O–H groups in total. The fraction of sp³-hybridized carbons (Fsp3) is 0.300. The molecule has 74 valence electrons. The standard InChI is InChI=1S/C10H10BrFN2/c1-10(14,4-5-13)8-3-2-7(12)6-9(8)11/h2-3,6H,4,14H2,1H3/t10-/m1/s1. The summed E-state index contributed by atoms with van der Waals surface area (Å²) >= 11 is 3.22. The van der Waals surface area contributed by atoms with Crippen molar-refractivity contribution in [3.05, 3.63) is 34.1 Å². The number of benzene rings is 1. The van der Waals surface area contributed by atoms with E-state index in [0.717, 1.165) is 5.56 Å². The Bertz CT molecular complexity index is 382. The molecule has 0 aliphatic heterocycles. The summed E-state index contributed by atoms with van der Waals surface area (Å²) in [5.41, 5.74) is 5.91. The van der Waals surface area contributed by atoms with E-state index < -0.39 is 5.54 Å². The van der Waals surface area contributed by atoms with Crippen LogP contribution in [0.3, 0.4) is 0 Å². The Labute approximate surface area is 90.7 Å². The first kappa shape index (κ1) is 11.2. The summed E-state index contributed by atoms with van der Waals surface area (Å²) in [6, 6.07) is 6.28. The van der Waals surface area contributed by atoms with E-state index >= 15 is 0 Å². The third-order valence-electron chi connectivity index (χ3n) is 1.99. The van der Waals surface area contributed by atoms with Crippen molar-refractivity contribution in [3.8, 4) is 6.07 Å². The number of rotatable bonds is 2. The lowest BCUT2D eigenvalue weighted by atomic mass is 9.90. The first-order valence-electron chi connectivity index (χ1n) is 4.09. The van der Waals surface area contributed by atoms with Crippen LogP contribution in [0, 0.1) is 17.1 Å². The summed E-state index contributed by atoms with van der Waals surface area (Å²) in [6.07, 6.45) is 0.192. The maximum Gasteiger partial charge on any atom is 0.124 e. The van der Waals surface area contributed by atoms with E-state index in [1.54, 1.807) is 13.0 Å². The van der Waals surface area contributed by atoms with Gasteiger partial charge in [-0.15, -0.1) is 0 Å². The molecule has 1 rings (SSSR count). The van der Waals surface area contributed by atoms with Crippen molar-refractivity contribution in [2.24, 2.45) is 5.73 Å². The Morgan fingerprint density at radius 1 is 1.64 bits per heavy atom. The SMILES string of the molecule is C[C@@](N)(CC#N)c1ccc(F)cc1Br. The van der Waals surface area contributed by atoms with Crippen molar-refractivity contribution >= 4 is 15.9 Å². The van der Waals surface area contributed by atoms with E-state index in [0.29, 0.717) is 4.47 Å². The second-order valence-corrected chi connectivity index (χ2v) is 4.23. The minimum Gasteiger partial charge on any atom is -0.321 e. The molecule has 0 unspecified atom stereocenters. The van der Waals surface area contributed by atoms with Crippen molar-refractivity contribution < 1.29 is 4.39 Å². The van der Waals surface area contributed by atoms with Gasteiger partial charge in [-0.3, -0.25) is 0 Å². The van der Waals surface area contributed by atoms with Gasteiger partial charge in [0.05, 0.1) is 18.0 Å². The van der Waals surface area contributed by atoms with E-state index in [-0.39, 0.29) is 12.2 Å². The third-order valence-corrected chi connectivity index (χ3v) is 2.65. The van der Waals surface area contributed by atoms with Crippen LogP contribution < -0.4 is 5.73 Å². The van der Waals surface area contributed by atoms with E-state index in [2.05, 4.69) is 15.9 Å². The number of halogens is 2. The van der Waals surface area contributed by atoms with Crippen molar-refractivity contribution in [1.29, 1.82) is 5.26 Å². The van der Waals surface area contributed by atoms with E-state index in [1.165, 1.54) is 12.1 Å². The summed E-state index contributed by atoms with van der Waals surface area (Å²) in [4.78, 5) is 0. The first-order valence-corrected chi connectivity index (χ1v) is 4.88. The topological polar surface area (TPSA) is 49.8 Å². The minimum atomic E-state index is -0.749. The van der Waals surface area contributed by atoms with Crippen LogP contribution in [0.15, 0.2) is 22.7 Å². The second kappa shape index (κ2) is 4.07. The molecular formula is C10H10BrFN2. The zero-order valence-electron chi connectivity index (χ0n) is 7.72. The largest absolute Gasteiger partial charge is 0.321 e. The molecule has 0 saturated heterocycles. The normalized spacial score (nSPS) is 14.5. The quantitative estimate of drug-likeness (QED) is 0.885. The zero-order valence-corrected chi connectivity index (χ0v) is 9.31. The summed E-state index contributed by atoms with van der Waals surface area (Å²) in [5, 5.41) is 8.59. The zero-order chi connectivity index (χ0) is 10.8. The summed E-state index contributed by atoms with van der Waals surface area (Å²) in [5.74, 6) is -0.326. The molecule has 1 aromatic carbocycles. The van der Waals surface area contributed by atoms with Crippen molar-refractivity contribution in [3.63, 3.8) is 0 Å². The highest BCUT2D eigenvalue weighted by Crippen LogP contribution is 2.29.